The molecule has 2 N–H and O–H groups in total. The summed E-state index contributed by atoms with van der Waals surface area (Å²) in [6, 6.07) is 1.96. The van der Waals surface area contributed by atoms with E-state index in [-0.39, 0.29) is 36.3 Å². The van der Waals surface area contributed by atoms with Crippen LogP contribution in [0, 0.1) is 13.8 Å². The summed E-state index contributed by atoms with van der Waals surface area (Å²) in [6.07, 6.45) is 0.193. The van der Waals surface area contributed by atoms with Crippen molar-refractivity contribution in [1.29, 1.82) is 0 Å². The summed E-state index contributed by atoms with van der Waals surface area (Å²) in [5, 5.41) is 0. The van der Waals surface area contributed by atoms with E-state index in [4.69, 9.17) is 5.73 Å². The highest BCUT2D eigenvalue weighted by Gasteiger charge is 2.15. The average molecular weight is 307 g/mol. The van der Waals surface area contributed by atoms with Crippen molar-refractivity contribution in [3.05, 3.63) is 23.3 Å². The molecular weight excluding hydrogens is 293 g/mol. The molecule has 0 saturated carbocycles. The lowest BCUT2D eigenvalue weighted by molar-refractivity contribution is -0.687. The summed E-state index contributed by atoms with van der Waals surface area (Å²) in [5.74, 6) is 0.359. The topological polar surface area (TPSA) is 59.9 Å². The SMILES string of the molecule is Cc1cc(C)[n+](C)c(CC(N)=O)n1.[I-]. The molecule has 1 aromatic heterocycles. The van der Waals surface area contributed by atoms with Gasteiger partial charge in [0.05, 0.1) is 7.05 Å². The molecule has 1 rings (SSSR count). The highest BCUT2D eigenvalue weighted by Crippen LogP contribution is 1.96. The third kappa shape index (κ3) is 3.21. The Hall–Kier alpha value is -0.720. The number of nitrogens with zero attached hydrogens (tertiary/aromatic N) is 2. The number of aromatic nitrogens is 2. The third-order valence-electron chi connectivity index (χ3n) is 1.97. The Bertz CT molecular complexity index is 352. The van der Waals surface area contributed by atoms with E-state index in [0.29, 0.717) is 5.82 Å². The molecule has 5 heteroatoms. The van der Waals surface area contributed by atoms with Gasteiger partial charge in [-0.3, -0.25) is 4.79 Å². The van der Waals surface area contributed by atoms with Crippen LogP contribution in [0.1, 0.15) is 17.2 Å². The largest absolute Gasteiger partial charge is 1.00 e. The number of hydrogen-bond acceptors (Lipinski definition) is 2. The maximum atomic E-state index is 10.7. The predicted molar refractivity (Wildman–Crippen MR) is 47.8 cm³/mol. The number of carbonyl (C=O) groups is 1. The Kier molecular flexibility index (Phi) is 4.96. The first-order chi connectivity index (χ1) is 6.00. The Morgan fingerprint density at radius 3 is 2.64 bits per heavy atom. The van der Waals surface area contributed by atoms with Crippen molar-refractivity contribution in [2.75, 3.05) is 0 Å². The lowest BCUT2D eigenvalue weighted by Crippen LogP contribution is -3.00. The van der Waals surface area contributed by atoms with Gasteiger partial charge in [-0.2, -0.15) is 0 Å². The zero-order valence-corrected chi connectivity index (χ0v) is 10.7. The molecule has 78 valence electrons. The second kappa shape index (κ2) is 5.23. The molecule has 0 saturated heterocycles. The van der Waals surface area contributed by atoms with Crippen molar-refractivity contribution in [2.24, 2.45) is 12.8 Å². The predicted octanol–water partition coefficient (Wildman–Crippen LogP) is -3.45. The number of primary amides is 1. The van der Waals surface area contributed by atoms with Crippen molar-refractivity contribution in [2.45, 2.75) is 20.3 Å². The molecule has 4 nitrogen and oxygen atoms in total. The normalized spacial score (nSPS) is 9.36. The quantitative estimate of drug-likeness (QED) is 0.456. The lowest BCUT2D eigenvalue weighted by atomic mass is 10.3. The van der Waals surface area contributed by atoms with E-state index in [1.165, 1.54) is 0 Å². The lowest BCUT2D eigenvalue weighted by Gasteiger charge is -2.00. The first kappa shape index (κ1) is 13.3. The fourth-order valence-corrected chi connectivity index (χ4v) is 1.23. The van der Waals surface area contributed by atoms with Gasteiger partial charge in [0.2, 0.25) is 5.91 Å². The van der Waals surface area contributed by atoms with Gasteiger partial charge >= 0.3 is 5.82 Å². The van der Waals surface area contributed by atoms with Crippen LogP contribution in [0.4, 0.5) is 0 Å². The minimum atomic E-state index is -0.354. The molecule has 14 heavy (non-hydrogen) atoms. The van der Waals surface area contributed by atoms with E-state index >= 15 is 0 Å². The van der Waals surface area contributed by atoms with Gasteiger partial charge in [0, 0.05) is 13.0 Å². The highest BCUT2D eigenvalue weighted by atomic mass is 127. The molecule has 0 radical (unpaired) electrons. The number of halogens is 1. The first-order valence-electron chi connectivity index (χ1n) is 4.12. The average Bonchev–Trinajstić information content (AvgIpc) is 1.98. The second-order valence-corrected chi connectivity index (χ2v) is 3.16. The maximum absolute atomic E-state index is 10.7. The summed E-state index contributed by atoms with van der Waals surface area (Å²) in [7, 11) is 1.88. The van der Waals surface area contributed by atoms with Crippen LogP contribution in [0.5, 0.6) is 0 Å². The van der Waals surface area contributed by atoms with Crippen molar-refractivity contribution in [1.82, 2.24) is 4.98 Å². The molecule has 0 aliphatic rings. The van der Waals surface area contributed by atoms with E-state index in [1.54, 1.807) is 0 Å². The monoisotopic (exact) mass is 307 g/mol. The Morgan fingerprint density at radius 1 is 1.57 bits per heavy atom. The zero-order chi connectivity index (χ0) is 10.0. The molecule has 0 bridgehead atoms. The van der Waals surface area contributed by atoms with E-state index < -0.39 is 0 Å². The van der Waals surface area contributed by atoms with Crippen molar-refractivity contribution < 1.29 is 33.3 Å². The molecule has 0 aliphatic carbocycles. The fourth-order valence-electron chi connectivity index (χ4n) is 1.23. The second-order valence-electron chi connectivity index (χ2n) is 3.16. The van der Waals surface area contributed by atoms with Crippen LogP contribution in [0.3, 0.4) is 0 Å². The number of aryl methyl sites for hydroxylation is 2. The standard InChI is InChI=1S/C9H13N3O.HI/c1-6-4-7(2)12(3)9(11-6)5-8(10)13;/h4H,5H2,1-3H3,(H-,10,13);1H. The van der Waals surface area contributed by atoms with Crippen molar-refractivity contribution in [3.8, 4) is 0 Å². The smallest absolute Gasteiger partial charge is 0.308 e. The molecule has 0 spiro atoms. The van der Waals surface area contributed by atoms with E-state index in [9.17, 15) is 4.79 Å². The molecule has 0 unspecified atom stereocenters. The number of rotatable bonds is 2. The minimum absolute atomic E-state index is 0. The minimum Gasteiger partial charge on any atom is -1.00 e. The van der Waals surface area contributed by atoms with E-state index in [2.05, 4.69) is 4.98 Å². The molecule has 0 aliphatic heterocycles. The van der Waals surface area contributed by atoms with Crippen LogP contribution in [0.25, 0.3) is 0 Å². The van der Waals surface area contributed by atoms with Gasteiger partial charge in [0.15, 0.2) is 5.69 Å². The van der Waals surface area contributed by atoms with Crippen molar-refractivity contribution >= 4 is 5.91 Å². The summed E-state index contributed by atoms with van der Waals surface area (Å²) >= 11 is 0. The third-order valence-corrected chi connectivity index (χ3v) is 1.97. The van der Waals surface area contributed by atoms with E-state index in [1.807, 2.05) is 31.5 Å². The molecule has 1 aromatic rings. The molecule has 1 heterocycles. The van der Waals surface area contributed by atoms with Gasteiger partial charge in [-0.15, -0.1) is 0 Å². The number of carbonyl (C=O) groups excluding carboxylic acids is 1. The van der Waals surface area contributed by atoms with Gasteiger partial charge in [0.25, 0.3) is 0 Å². The Balaban J connectivity index is 0.00000169. The van der Waals surface area contributed by atoms with Gasteiger partial charge in [-0.05, 0) is 6.92 Å². The van der Waals surface area contributed by atoms with Crippen LogP contribution in [0.15, 0.2) is 6.07 Å². The van der Waals surface area contributed by atoms with Gasteiger partial charge in [-0.1, -0.05) is 4.98 Å². The summed E-state index contributed by atoms with van der Waals surface area (Å²) in [6.45, 7) is 3.87. The molecule has 0 atom stereocenters. The van der Waals surface area contributed by atoms with E-state index in [0.717, 1.165) is 11.4 Å². The van der Waals surface area contributed by atoms with Crippen LogP contribution >= 0.6 is 0 Å². The molecule has 1 amide bonds. The summed E-state index contributed by atoms with van der Waals surface area (Å²) in [4.78, 5) is 14.9. The number of amides is 1. The Labute approximate surface area is 101 Å². The highest BCUT2D eigenvalue weighted by molar-refractivity contribution is 5.75. The summed E-state index contributed by atoms with van der Waals surface area (Å²) < 4.78 is 1.87. The fraction of sp³-hybridized carbons (Fsp3) is 0.444. The Morgan fingerprint density at radius 2 is 2.14 bits per heavy atom. The summed E-state index contributed by atoms with van der Waals surface area (Å²) in [5.41, 5.74) is 7.08. The van der Waals surface area contributed by atoms with Gasteiger partial charge < -0.3 is 29.7 Å². The number of hydrogen-bond donors (Lipinski definition) is 1. The van der Waals surface area contributed by atoms with Gasteiger partial charge in [0.1, 0.15) is 12.1 Å². The molecule has 0 fully saturated rings. The zero-order valence-electron chi connectivity index (χ0n) is 8.54. The van der Waals surface area contributed by atoms with Crippen LogP contribution in [-0.2, 0) is 18.3 Å². The number of nitrogens with two attached hydrogens (primary N) is 1. The first-order valence-corrected chi connectivity index (χ1v) is 4.12. The van der Waals surface area contributed by atoms with Crippen LogP contribution in [0.2, 0.25) is 0 Å². The molecular formula is C9H14IN3O. The van der Waals surface area contributed by atoms with Crippen LogP contribution in [-0.4, -0.2) is 10.9 Å². The maximum Gasteiger partial charge on any atom is 0.308 e. The van der Waals surface area contributed by atoms with Crippen molar-refractivity contribution in [3.63, 3.8) is 0 Å². The van der Waals surface area contributed by atoms with Gasteiger partial charge in [-0.25, -0.2) is 4.57 Å². The van der Waals surface area contributed by atoms with Crippen LogP contribution < -0.4 is 34.3 Å². The molecule has 0 aromatic carbocycles.